The summed E-state index contributed by atoms with van der Waals surface area (Å²) in [7, 11) is 0. The van der Waals surface area contributed by atoms with Crippen LogP contribution in [0.1, 0.15) is 5.56 Å². The Morgan fingerprint density at radius 3 is 2.35 bits per heavy atom. The number of aliphatic hydroxyl groups is 4. The summed E-state index contributed by atoms with van der Waals surface area (Å²) in [5.41, 5.74) is 0.753. The molecule has 9 heteroatoms. The van der Waals surface area contributed by atoms with Gasteiger partial charge in [0, 0.05) is 11.3 Å². The molecule has 1 fully saturated rings. The van der Waals surface area contributed by atoms with E-state index in [0.29, 0.717) is 5.75 Å². The number of rotatable bonds is 6. The van der Waals surface area contributed by atoms with E-state index in [0.717, 1.165) is 5.56 Å². The van der Waals surface area contributed by atoms with Crippen LogP contribution in [0.15, 0.2) is 24.3 Å². The average Bonchev–Trinajstić information content (AvgIpc) is 2.54. The van der Waals surface area contributed by atoms with Crippen molar-refractivity contribution in [3.63, 3.8) is 0 Å². The Balaban J connectivity index is 1.99. The third kappa shape index (κ3) is 4.36. The largest absolute Gasteiger partial charge is 0.462 e. The lowest BCUT2D eigenvalue weighted by atomic mass is 9.99. The highest BCUT2D eigenvalue weighted by atomic mass is 16.7. The number of hydrogen-bond acceptors (Lipinski definition) is 8. The van der Waals surface area contributed by atoms with Crippen LogP contribution in [0.2, 0.25) is 0 Å². The molecule has 0 aliphatic carbocycles. The minimum Gasteiger partial charge on any atom is -0.462 e. The van der Waals surface area contributed by atoms with E-state index in [1.165, 1.54) is 0 Å². The van der Waals surface area contributed by atoms with E-state index in [1.54, 1.807) is 24.3 Å². The molecule has 23 heavy (non-hydrogen) atoms. The minimum atomic E-state index is -1.51. The van der Waals surface area contributed by atoms with Gasteiger partial charge in [-0.2, -0.15) is 0 Å². The van der Waals surface area contributed by atoms with Crippen molar-refractivity contribution in [1.82, 2.24) is 0 Å². The van der Waals surface area contributed by atoms with Crippen LogP contribution in [0.25, 0.3) is 0 Å². The highest BCUT2D eigenvalue weighted by Gasteiger charge is 2.44. The first-order valence-electron chi connectivity index (χ1n) is 7.10. The van der Waals surface area contributed by atoms with Crippen LogP contribution in [-0.4, -0.2) is 69.2 Å². The lowest BCUT2D eigenvalue weighted by molar-refractivity contribution is -0.479. The number of nitrogens with zero attached hydrogens (tertiary/aromatic N) is 1. The van der Waals surface area contributed by atoms with Gasteiger partial charge in [-0.05, 0) is 17.7 Å². The van der Waals surface area contributed by atoms with Gasteiger partial charge in [0.2, 0.25) is 12.8 Å². The molecule has 1 saturated heterocycles. The van der Waals surface area contributed by atoms with Crippen LogP contribution in [0.4, 0.5) is 0 Å². The van der Waals surface area contributed by atoms with Crippen molar-refractivity contribution in [2.24, 2.45) is 0 Å². The van der Waals surface area contributed by atoms with E-state index in [-0.39, 0.29) is 13.0 Å². The molecule has 1 aromatic rings. The molecule has 4 N–H and O–H groups in total. The Bertz CT molecular complexity index is 520. The predicted octanol–water partition coefficient (Wildman–Crippen LogP) is -1.32. The van der Waals surface area contributed by atoms with Gasteiger partial charge in [-0.3, -0.25) is 10.1 Å². The highest BCUT2D eigenvalue weighted by molar-refractivity contribution is 5.27. The zero-order valence-corrected chi connectivity index (χ0v) is 12.2. The van der Waals surface area contributed by atoms with Crippen LogP contribution in [0, 0.1) is 10.1 Å². The molecule has 1 aromatic carbocycles. The van der Waals surface area contributed by atoms with E-state index in [9.17, 15) is 25.4 Å². The highest BCUT2D eigenvalue weighted by Crippen LogP contribution is 2.24. The number of aliphatic hydroxyl groups excluding tert-OH is 4. The summed E-state index contributed by atoms with van der Waals surface area (Å²) in [5.74, 6) is 0.319. The molecule has 1 heterocycles. The zero-order valence-electron chi connectivity index (χ0n) is 12.2. The Morgan fingerprint density at radius 1 is 1.13 bits per heavy atom. The summed E-state index contributed by atoms with van der Waals surface area (Å²) < 4.78 is 10.6. The second-order valence-electron chi connectivity index (χ2n) is 5.27. The van der Waals surface area contributed by atoms with Crippen molar-refractivity contribution in [2.45, 2.75) is 37.1 Å². The van der Waals surface area contributed by atoms with Crippen molar-refractivity contribution in [3.8, 4) is 5.75 Å². The summed E-state index contributed by atoms with van der Waals surface area (Å²) in [6.45, 7) is -0.711. The van der Waals surface area contributed by atoms with E-state index in [4.69, 9.17) is 14.6 Å². The molecule has 0 radical (unpaired) electrons. The molecule has 128 valence electrons. The van der Waals surface area contributed by atoms with Gasteiger partial charge in [-0.1, -0.05) is 12.1 Å². The molecular weight excluding hydrogens is 310 g/mol. The fourth-order valence-electron chi connectivity index (χ4n) is 2.25. The van der Waals surface area contributed by atoms with Gasteiger partial charge in [0.15, 0.2) is 0 Å². The van der Waals surface area contributed by atoms with Crippen molar-refractivity contribution in [1.29, 1.82) is 0 Å². The molecular formula is C14H19NO8. The van der Waals surface area contributed by atoms with Crippen molar-refractivity contribution in [3.05, 3.63) is 39.9 Å². The molecule has 0 saturated carbocycles. The first-order chi connectivity index (χ1) is 10.9. The second-order valence-corrected chi connectivity index (χ2v) is 5.27. The van der Waals surface area contributed by atoms with E-state index < -0.39 is 42.2 Å². The van der Waals surface area contributed by atoms with E-state index in [1.807, 2.05) is 0 Å². The second kappa shape index (κ2) is 7.66. The van der Waals surface area contributed by atoms with E-state index in [2.05, 4.69) is 0 Å². The molecule has 5 atom stereocenters. The fraction of sp³-hybridized carbons (Fsp3) is 0.571. The van der Waals surface area contributed by atoms with Gasteiger partial charge in [0.05, 0.1) is 6.61 Å². The van der Waals surface area contributed by atoms with Crippen LogP contribution < -0.4 is 4.74 Å². The summed E-state index contributed by atoms with van der Waals surface area (Å²) >= 11 is 0. The van der Waals surface area contributed by atoms with Crippen molar-refractivity contribution in [2.75, 3.05) is 13.2 Å². The predicted molar refractivity (Wildman–Crippen MR) is 76.4 cm³/mol. The summed E-state index contributed by atoms with van der Waals surface area (Å²) in [6, 6.07) is 6.39. The molecule has 0 bridgehead atoms. The van der Waals surface area contributed by atoms with Crippen molar-refractivity contribution >= 4 is 0 Å². The molecule has 9 nitrogen and oxygen atoms in total. The first kappa shape index (κ1) is 17.6. The smallest absolute Gasteiger partial charge is 0.229 e. The molecule has 0 spiro atoms. The Morgan fingerprint density at radius 2 is 1.78 bits per heavy atom. The molecule has 1 aliphatic rings. The quantitative estimate of drug-likeness (QED) is 0.372. The number of hydrogen-bond donors (Lipinski definition) is 4. The van der Waals surface area contributed by atoms with Crippen LogP contribution >= 0.6 is 0 Å². The van der Waals surface area contributed by atoms with Gasteiger partial charge >= 0.3 is 0 Å². The summed E-state index contributed by atoms with van der Waals surface area (Å²) in [6.07, 6.45) is -6.45. The maximum atomic E-state index is 10.3. The minimum absolute atomic E-state index is 0.174. The SMILES string of the molecule is O=[N+]([O-])CCc1ccc(OC2OC(CO)C(O)C(O)C2O)cc1. The lowest BCUT2D eigenvalue weighted by Crippen LogP contribution is -2.60. The van der Waals surface area contributed by atoms with Gasteiger partial charge in [0.25, 0.3) is 0 Å². The molecule has 0 aromatic heterocycles. The maximum absolute atomic E-state index is 10.3. The maximum Gasteiger partial charge on any atom is 0.229 e. The van der Waals surface area contributed by atoms with Gasteiger partial charge < -0.3 is 29.9 Å². The van der Waals surface area contributed by atoms with Gasteiger partial charge in [-0.15, -0.1) is 0 Å². The van der Waals surface area contributed by atoms with Crippen molar-refractivity contribution < 1.29 is 34.8 Å². The Labute approximate surface area is 131 Å². The zero-order chi connectivity index (χ0) is 17.0. The average molecular weight is 329 g/mol. The molecule has 0 amide bonds. The fourth-order valence-corrected chi connectivity index (χ4v) is 2.25. The third-order valence-corrected chi connectivity index (χ3v) is 3.61. The number of ether oxygens (including phenoxy) is 2. The van der Waals surface area contributed by atoms with Crippen LogP contribution in [-0.2, 0) is 11.2 Å². The first-order valence-corrected chi connectivity index (χ1v) is 7.10. The van der Waals surface area contributed by atoms with E-state index >= 15 is 0 Å². The normalized spacial score (nSPS) is 30.9. The van der Waals surface area contributed by atoms with Crippen LogP contribution in [0.3, 0.4) is 0 Å². The molecule has 2 rings (SSSR count). The summed E-state index contributed by atoms with van der Waals surface area (Å²) in [5, 5.41) is 48.6. The lowest BCUT2D eigenvalue weighted by Gasteiger charge is -2.39. The number of nitro groups is 1. The Hall–Kier alpha value is -1.78. The Kier molecular flexibility index (Phi) is 5.85. The van der Waals surface area contributed by atoms with Crippen LogP contribution in [0.5, 0.6) is 5.75 Å². The topological polar surface area (TPSA) is 143 Å². The standard InChI is InChI=1S/C14H19NO8/c16-7-10-11(17)12(18)13(19)14(23-10)22-9-3-1-8(2-4-9)5-6-15(20)21/h1-4,10-14,16-19H,5-7H2. The molecule has 1 aliphatic heterocycles. The summed E-state index contributed by atoms with van der Waals surface area (Å²) in [4.78, 5) is 9.92. The monoisotopic (exact) mass is 329 g/mol. The van der Waals surface area contributed by atoms with Gasteiger partial charge in [-0.25, -0.2) is 0 Å². The third-order valence-electron chi connectivity index (χ3n) is 3.61. The molecule has 5 unspecified atom stereocenters. The number of benzene rings is 1. The van der Waals surface area contributed by atoms with Gasteiger partial charge in [0.1, 0.15) is 30.2 Å².